The maximum Gasteiger partial charge on any atom is 0.115 e. The highest BCUT2D eigenvalue weighted by molar-refractivity contribution is 5.35. The van der Waals surface area contributed by atoms with Crippen molar-refractivity contribution in [1.29, 1.82) is 0 Å². The lowest BCUT2D eigenvalue weighted by Gasteiger charge is -2.39. The molecule has 0 bridgehead atoms. The van der Waals surface area contributed by atoms with E-state index < -0.39 is 5.60 Å². The van der Waals surface area contributed by atoms with Crippen molar-refractivity contribution in [2.24, 2.45) is 0 Å². The number of unbranched alkanes of at least 4 members (excludes halogenated alkanes) is 1. The number of hydrogen-bond donors (Lipinski definition) is 1. The molecule has 0 amide bonds. The predicted octanol–water partition coefficient (Wildman–Crippen LogP) is 5.36. The zero-order valence-electron chi connectivity index (χ0n) is 16.3. The molecule has 2 atom stereocenters. The monoisotopic (exact) mass is 351 g/mol. The minimum Gasteiger partial charge on any atom is -0.380 e. The third-order valence-electron chi connectivity index (χ3n) is 6.08. The average Bonchev–Trinajstić information content (AvgIpc) is 2.68. The molecule has 2 heteroatoms. The van der Waals surface area contributed by atoms with Gasteiger partial charge >= 0.3 is 0 Å². The van der Waals surface area contributed by atoms with Crippen molar-refractivity contribution in [2.45, 2.75) is 70.1 Å². The van der Waals surface area contributed by atoms with E-state index in [4.69, 9.17) is 0 Å². The lowest BCUT2D eigenvalue weighted by Crippen LogP contribution is -2.44. The van der Waals surface area contributed by atoms with Crippen molar-refractivity contribution >= 4 is 0 Å². The predicted molar refractivity (Wildman–Crippen MR) is 109 cm³/mol. The van der Waals surface area contributed by atoms with E-state index in [9.17, 15) is 5.11 Å². The van der Waals surface area contributed by atoms with Crippen LogP contribution in [0.25, 0.3) is 0 Å². The summed E-state index contributed by atoms with van der Waals surface area (Å²) in [6.45, 7) is 5.86. The molecule has 2 aromatic carbocycles. The summed E-state index contributed by atoms with van der Waals surface area (Å²) in [6, 6.07) is 21.6. The second-order valence-corrected chi connectivity index (χ2v) is 7.92. The van der Waals surface area contributed by atoms with Gasteiger partial charge in [0, 0.05) is 12.1 Å². The molecule has 140 valence electrons. The van der Waals surface area contributed by atoms with Crippen LogP contribution in [0, 0.1) is 0 Å². The molecule has 0 aliphatic carbocycles. The Balaban J connectivity index is 1.66. The van der Waals surface area contributed by atoms with Crippen LogP contribution in [-0.4, -0.2) is 28.6 Å². The van der Waals surface area contributed by atoms with Gasteiger partial charge in [-0.25, -0.2) is 0 Å². The minimum absolute atomic E-state index is 0.695. The Morgan fingerprint density at radius 3 is 1.85 bits per heavy atom. The van der Waals surface area contributed by atoms with E-state index in [-0.39, 0.29) is 0 Å². The normalized spacial score (nSPS) is 21.7. The van der Waals surface area contributed by atoms with Gasteiger partial charge in [0.1, 0.15) is 5.60 Å². The van der Waals surface area contributed by atoms with Gasteiger partial charge in [-0.3, -0.25) is 4.90 Å². The molecule has 2 aromatic rings. The summed E-state index contributed by atoms with van der Waals surface area (Å²) < 4.78 is 0. The van der Waals surface area contributed by atoms with Gasteiger partial charge in [-0.05, 0) is 63.6 Å². The topological polar surface area (TPSA) is 23.5 Å². The first-order valence-corrected chi connectivity index (χ1v) is 10.2. The largest absolute Gasteiger partial charge is 0.380 e. The van der Waals surface area contributed by atoms with Gasteiger partial charge in [-0.1, -0.05) is 67.1 Å². The Hall–Kier alpha value is -1.64. The van der Waals surface area contributed by atoms with Crippen LogP contribution in [0.4, 0.5) is 0 Å². The molecule has 1 saturated heterocycles. The van der Waals surface area contributed by atoms with E-state index in [1.165, 1.54) is 19.3 Å². The van der Waals surface area contributed by atoms with E-state index in [1.807, 2.05) is 60.7 Å². The van der Waals surface area contributed by atoms with Crippen LogP contribution in [0.1, 0.15) is 63.5 Å². The van der Waals surface area contributed by atoms with Crippen LogP contribution >= 0.6 is 0 Å². The SMILES string of the molecule is C[C@H]1CCC[C@H](C)N1CCCCC(O)(c1ccccc1)c1ccccc1. The van der Waals surface area contributed by atoms with Crippen LogP contribution in [0.15, 0.2) is 60.7 Å². The molecule has 1 fully saturated rings. The molecule has 2 nitrogen and oxygen atoms in total. The Labute approximate surface area is 158 Å². The van der Waals surface area contributed by atoms with Crippen LogP contribution in [0.5, 0.6) is 0 Å². The third kappa shape index (κ3) is 4.36. The molecular weight excluding hydrogens is 318 g/mol. The van der Waals surface area contributed by atoms with Crippen molar-refractivity contribution in [2.75, 3.05) is 6.54 Å². The standard InChI is InChI=1S/C24H33NO/c1-20-12-11-13-21(2)25(20)19-10-9-18-24(26,22-14-5-3-6-15-22)23-16-7-4-8-17-23/h3-8,14-17,20-21,26H,9-13,18-19H2,1-2H3/t20-,21-/m0/s1. The maximum absolute atomic E-state index is 11.6. The van der Waals surface area contributed by atoms with E-state index >= 15 is 0 Å². The highest BCUT2D eigenvalue weighted by Crippen LogP contribution is 2.34. The van der Waals surface area contributed by atoms with Crippen molar-refractivity contribution in [3.05, 3.63) is 71.8 Å². The molecule has 0 unspecified atom stereocenters. The number of rotatable bonds is 7. The molecule has 0 spiro atoms. The minimum atomic E-state index is -0.901. The van der Waals surface area contributed by atoms with Gasteiger partial charge in [0.2, 0.25) is 0 Å². The number of aliphatic hydroxyl groups is 1. The summed E-state index contributed by atoms with van der Waals surface area (Å²) in [5.74, 6) is 0. The second kappa shape index (κ2) is 8.83. The van der Waals surface area contributed by atoms with Crippen molar-refractivity contribution in [3.63, 3.8) is 0 Å². The molecule has 1 N–H and O–H groups in total. The van der Waals surface area contributed by atoms with E-state index in [1.54, 1.807) is 0 Å². The Kier molecular flexibility index (Phi) is 6.50. The average molecular weight is 352 g/mol. The van der Waals surface area contributed by atoms with Crippen LogP contribution in [-0.2, 0) is 5.60 Å². The summed E-state index contributed by atoms with van der Waals surface area (Å²) in [7, 11) is 0. The Morgan fingerprint density at radius 1 is 0.846 bits per heavy atom. The first-order valence-electron chi connectivity index (χ1n) is 10.2. The zero-order chi connectivity index (χ0) is 18.4. The lowest BCUT2D eigenvalue weighted by atomic mass is 9.82. The maximum atomic E-state index is 11.6. The highest BCUT2D eigenvalue weighted by atomic mass is 16.3. The van der Waals surface area contributed by atoms with E-state index in [0.29, 0.717) is 12.1 Å². The fraction of sp³-hybridized carbons (Fsp3) is 0.500. The fourth-order valence-corrected chi connectivity index (χ4v) is 4.47. The summed E-state index contributed by atoms with van der Waals surface area (Å²) in [5, 5.41) is 11.6. The van der Waals surface area contributed by atoms with Crippen LogP contribution in [0.3, 0.4) is 0 Å². The number of benzene rings is 2. The summed E-state index contributed by atoms with van der Waals surface area (Å²) in [5.41, 5.74) is 1.08. The number of nitrogens with zero attached hydrogens (tertiary/aromatic N) is 1. The summed E-state index contributed by atoms with van der Waals surface area (Å²) in [6.07, 6.45) is 6.93. The number of piperidine rings is 1. The van der Waals surface area contributed by atoms with Gasteiger partial charge in [0.05, 0.1) is 0 Å². The van der Waals surface area contributed by atoms with Crippen molar-refractivity contribution in [1.82, 2.24) is 4.90 Å². The summed E-state index contributed by atoms with van der Waals surface area (Å²) >= 11 is 0. The molecule has 1 aliphatic rings. The smallest absolute Gasteiger partial charge is 0.115 e. The molecule has 26 heavy (non-hydrogen) atoms. The Morgan fingerprint density at radius 2 is 1.35 bits per heavy atom. The Bertz CT molecular complexity index is 605. The molecule has 0 aromatic heterocycles. The number of likely N-dealkylation sites (tertiary alicyclic amines) is 1. The fourth-order valence-electron chi connectivity index (χ4n) is 4.47. The zero-order valence-corrected chi connectivity index (χ0v) is 16.3. The van der Waals surface area contributed by atoms with Crippen LogP contribution in [0.2, 0.25) is 0 Å². The first-order chi connectivity index (χ1) is 12.6. The molecular formula is C24H33NO. The second-order valence-electron chi connectivity index (χ2n) is 7.92. The molecule has 0 saturated carbocycles. The van der Waals surface area contributed by atoms with Gasteiger partial charge in [0.15, 0.2) is 0 Å². The van der Waals surface area contributed by atoms with Gasteiger partial charge < -0.3 is 5.11 Å². The van der Waals surface area contributed by atoms with Crippen LogP contribution < -0.4 is 0 Å². The molecule has 3 rings (SSSR count). The lowest BCUT2D eigenvalue weighted by molar-refractivity contribution is 0.0623. The first kappa shape index (κ1) is 19.1. The van der Waals surface area contributed by atoms with Crippen molar-refractivity contribution in [3.8, 4) is 0 Å². The molecule has 0 radical (unpaired) electrons. The number of hydrogen-bond acceptors (Lipinski definition) is 2. The van der Waals surface area contributed by atoms with Gasteiger partial charge in [-0.15, -0.1) is 0 Å². The van der Waals surface area contributed by atoms with E-state index in [2.05, 4.69) is 18.7 Å². The molecule has 1 heterocycles. The van der Waals surface area contributed by atoms with Gasteiger partial charge in [0.25, 0.3) is 0 Å². The van der Waals surface area contributed by atoms with Gasteiger partial charge in [-0.2, -0.15) is 0 Å². The van der Waals surface area contributed by atoms with Crippen molar-refractivity contribution < 1.29 is 5.11 Å². The molecule has 1 aliphatic heterocycles. The summed E-state index contributed by atoms with van der Waals surface area (Å²) in [4.78, 5) is 2.66. The van der Waals surface area contributed by atoms with E-state index in [0.717, 1.165) is 36.9 Å². The third-order valence-corrected chi connectivity index (χ3v) is 6.08. The quantitative estimate of drug-likeness (QED) is 0.679. The highest BCUT2D eigenvalue weighted by Gasteiger charge is 2.31.